The molecule has 1 aromatic carbocycles. The van der Waals surface area contributed by atoms with Gasteiger partial charge in [0.25, 0.3) is 0 Å². The minimum absolute atomic E-state index is 0.0614. The number of aliphatic hydroxyl groups is 1. The van der Waals surface area contributed by atoms with Crippen molar-refractivity contribution in [2.75, 3.05) is 19.8 Å². The van der Waals surface area contributed by atoms with Crippen molar-refractivity contribution >= 4 is 0 Å². The first-order valence-electron chi connectivity index (χ1n) is 9.19. The van der Waals surface area contributed by atoms with Gasteiger partial charge in [-0.05, 0) is 43.2 Å². The highest BCUT2D eigenvalue weighted by atomic mass is 16.5. The van der Waals surface area contributed by atoms with Gasteiger partial charge in [0.15, 0.2) is 0 Å². The van der Waals surface area contributed by atoms with Crippen LogP contribution in [0.15, 0.2) is 73.0 Å². The van der Waals surface area contributed by atoms with Gasteiger partial charge >= 0.3 is 0 Å². The van der Waals surface area contributed by atoms with E-state index in [1.807, 2.05) is 48.4 Å². The Labute approximate surface area is 155 Å². The number of ether oxygens (including phenoxy) is 2. The molecule has 1 aromatic rings. The fraction of sp³-hybridized carbons (Fsp3) is 0.364. The normalized spacial score (nSPS) is 22.6. The van der Waals surface area contributed by atoms with Crippen molar-refractivity contribution < 1.29 is 14.6 Å². The molecular weight excluding hydrogens is 326 g/mol. The lowest BCUT2D eigenvalue weighted by atomic mass is 9.93. The van der Waals surface area contributed by atoms with Gasteiger partial charge in [0, 0.05) is 18.7 Å². The molecule has 0 radical (unpaired) electrons. The SMILES string of the molecule is CC(COC1C=CC=CN1CCO)Oc1ccc(C2C=CC=CC2)cc1. The number of rotatable bonds is 8. The van der Waals surface area contributed by atoms with E-state index in [4.69, 9.17) is 14.6 Å². The molecule has 4 nitrogen and oxygen atoms in total. The summed E-state index contributed by atoms with van der Waals surface area (Å²) in [6.45, 7) is 3.12. The summed E-state index contributed by atoms with van der Waals surface area (Å²) in [6.07, 6.45) is 17.3. The number of aliphatic hydroxyl groups excluding tert-OH is 1. The van der Waals surface area contributed by atoms with E-state index in [0.29, 0.717) is 19.1 Å². The smallest absolute Gasteiger partial charge is 0.149 e. The molecule has 0 spiro atoms. The second-order valence-corrected chi connectivity index (χ2v) is 6.56. The van der Waals surface area contributed by atoms with E-state index in [1.165, 1.54) is 5.56 Å². The number of nitrogens with zero attached hydrogens (tertiary/aromatic N) is 1. The highest BCUT2D eigenvalue weighted by Crippen LogP contribution is 2.26. The predicted molar refractivity (Wildman–Crippen MR) is 104 cm³/mol. The van der Waals surface area contributed by atoms with E-state index in [-0.39, 0.29) is 18.9 Å². The Kier molecular flexibility index (Phi) is 6.69. The van der Waals surface area contributed by atoms with Crippen LogP contribution in [-0.2, 0) is 4.74 Å². The zero-order chi connectivity index (χ0) is 18.2. The van der Waals surface area contributed by atoms with Crippen molar-refractivity contribution in [3.05, 3.63) is 78.6 Å². The molecule has 3 unspecified atom stereocenters. The molecule has 1 heterocycles. The molecule has 3 rings (SSSR count). The Bertz CT molecular complexity index is 675. The fourth-order valence-corrected chi connectivity index (χ4v) is 3.11. The molecule has 0 bridgehead atoms. The second kappa shape index (κ2) is 9.41. The lowest BCUT2D eigenvalue weighted by Crippen LogP contribution is -2.37. The summed E-state index contributed by atoms with van der Waals surface area (Å²) < 4.78 is 11.9. The van der Waals surface area contributed by atoms with Crippen LogP contribution in [0, 0.1) is 0 Å². The summed E-state index contributed by atoms with van der Waals surface area (Å²) in [5.41, 5.74) is 1.31. The van der Waals surface area contributed by atoms with Crippen LogP contribution >= 0.6 is 0 Å². The van der Waals surface area contributed by atoms with Crippen molar-refractivity contribution in [1.29, 1.82) is 0 Å². The van der Waals surface area contributed by atoms with Crippen molar-refractivity contribution in [2.45, 2.75) is 31.6 Å². The Balaban J connectivity index is 1.48. The van der Waals surface area contributed by atoms with Gasteiger partial charge in [-0.3, -0.25) is 0 Å². The molecule has 0 saturated carbocycles. The molecule has 0 aromatic heterocycles. The number of benzene rings is 1. The summed E-state index contributed by atoms with van der Waals surface area (Å²) >= 11 is 0. The van der Waals surface area contributed by atoms with Crippen LogP contribution in [0.4, 0.5) is 0 Å². The predicted octanol–water partition coefficient (Wildman–Crippen LogP) is 3.77. The molecule has 0 amide bonds. The summed E-state index contributed by atoms with van der Waals surface area (Å²) in [5.74, 6) is 1.31. The van der Waals surface area contributed by atoms with E-state index in [0.717, 1.165) is 12.2 Å². The second-order valence-electron chi connectivity index (χ2n) is 6.56. The lowest BCUT2D eigenvalue weighted by molar-refractivity contribution is -0.0391. The van der Waals surface area contributed by atoms with Gasteiger partial charge < -0.3 is 19.5 Å². The third-order valence-corrected chi connectivity index (χ3v) is 4.48. The first kappa shape index (κ1) is 18.5. The van der Waals surface area contributed by atoms with Gasteiger partial charge in [-0.2, -0.15) is 0 Å². The molecule has 1 aliphatic carbocycles. The van der Waals surface area contributed by atoms with Crippen LogP contribution < -0.4 is 4.74 Å². The van der Waals surface area contributed by atoms with Crippen LogP contribution in [0.1, 0.15) is 24.8 Å². The number of hydrogen-bond donors (Lipinski definition) is 1. The first-order chi connectivity index (χ1) is 12.8. The van der Waals surface area contributed by atoms with Crippen molar-refractivity contribution in [2.24, 2.45) is 0 Å². The van der Waals surface area contributed by atoms with Crippen LogP contribution in [0.25, 0.3) is 0 Å². The largest absolute Gasteiger partial charge is 0.488 e. The van der Waals surface area contributed by atoms with Crippen LogP contribution in [0.2, 0.25) is 0 Å². The summed E-state index contributed by atoms with van der Waals surface area (Å²) in [6, 6.07) is 8.32. The van der Waals surface area contributed by atoms with Crippen LogP contribution in [0.3, 0.4) is 0 Å². The molecule has 3 atom stereocenters. The summed E-state index contributed by atoms with van der Waals surface area (Å²) in [5, 5.41) is 9.14. The molecule has 0 fully saturated rings. The zero-order valence-electron chi connectivity index (χ0n) is 15.2. The zero-order valence-corrected chi connectivity index (χ0v) is 15.2. The van der Waals surface area contributed by atoms with Gasteiger partial charge in [0.05, 0.1) is 13.2 Å². The molecule has 0 saturated heterocycles. The van der Waals surface area contributed by atoms with E-state index < -0.39 is 0 Å². The Hall–Kier alpha value is -2.30. The van der Waals surface area contributed by atoms with Gasteiger partial charge in [-0.1, -0.05) is 42.5 Å². The summed E-state index contributed by atoms with van der Waals surface area (Å²) in [4.78, 5) is 1.97. The Morgan fingerprint density at radius 3 is 2.65 bits per heavy atom. The van der Waals surface area contributed by atoms with Gasteiger partial charge in [-0.15, -0.1) is 0 Å². The van der Waals surface area contributed by atoms with E-state index >= 15 is 0 Å². The van der Waals surface area contributed by atoms with Crippen LogP contribution in [0.5, 0.6) is 5.75 Å². The maximum Gasteiger partial charge on any atom is 0.149 e. The summed E-state index contributed by atoms with van der Waals surface area (Å²) in [7, 11) is 0. The monoisotopic (exact) mass is 353 g/mol. The topological polar surface area (TPSA) is 41.9 Å². The number of hydrogen-bond acceptors (Lipinski definition) is 4. The van der Waals surface area contributed by atoms with Crippen molar-refractivity contribution in [3.63, 3.8) is 0 Å². The van der Waals surface area contributed by atoms with E-state index in [2.05, 4.69) is 36.4 Å². The van der Waals surface area contributed by atoms with Crippen LogP contribution in [-0.4, -0.2) is 42.1 Å². The molecule has 1 N–H and O–H groups in total. The van der Waals surface area contributed by atoms with E-state index in [1.54, 1.807) is 0 Å². The van der Waals surface area contributed by atoms with Crippen molar-refractivity contribution in [1.82, 2.24) is 4.90 Å². The fourth-order valence-electron chi connectivity index (χ4n) is 3.11. The minimum Gasteiger partial charge on any atom is -0.488 e. The maximum absolute atomic E-state index is 9.14. The number of allylic oxidation sites excluding steroid dienone is 6. The van der Waals surface area contributed by atoms with Crippen molar-refractivity contribution in [3.8, 4) is 5.75 Å². The third-order valence-electron chi connectivity index (χ3n) is 4.48. The maximum atomic E-state index is 9.14. The molecule has 4 heteroatoms. The minimum atomic E-state index is -0.160. The van der Waals surface area contributed by atoms with Gasteiger partial charge in [0.1, 0.15) is 18.1 Å². The molecule has 2 aliphatic rings. The average molecular weight is 353 g/mol. The highest BCUT2D eigenvalue weighted by molar-refractivity contribution is 5.33. The quantitative estimate of drug-likeness (QED) is 0.772. The third kappa shape index (κ3) is 5.10. The average Bonchev–Trinajstić information content (AvgIpc) is 2.69. The number of β-amino-alcohol motifs (C(OH)–C–C–N with tert-alkyl or cyclic N) is 1. The first-order valence-corrected chi connectivity index (χ1v) is 9.19. The highest BCUT2D eigenvalue weighted by Gasteiger charge is 2.16. The Morgan fingerprint density at radius 2 is 1.92 bits per heavy atom. The lowest BCUT2D eigenvalue weighted by Gasteiger charge is -2.30. The molecule has 1 aliphatic heterocycles. The van der Waals surface area contributed by atoms with Gasteiger partial charge in [-0.25, -0.2) is 0 Å². The molecule has 26 heavy (non-hydrogen) atoms. The molecule has 138 valence electrons. The standard InChI is InChI=1S/C22H27NO3/c1-18(17-25-22-9-5-6-14-23(22)15-16-24)26-21-12-10-20(11-13-21)19-7-3-2-4-8-19/h2-7,9-14,18-19,22,24H,8,15-17H2,1H3. The molecular formula is C22H27NO3. The Morgan fingerprint density at radius 1 is 1.12 bits per heavy atom. The van der Waals surface area contributed by atoms with E-state index in [9.17, 15) is 0 Å². The van der Waals surface area contributed by atoms with Gasteiger partial charge in [0.2, 0.25) is 0 Å².